The van der Waals surface area contributed by atoms with Crippen molar-refractivity contribution in [3.63, 3.8) is 0 Å². The van der Waals surface area contributed by atoms with E-state index in [1.165, 1.54) is 28.1 Å². The smallest absolute Gasteiger partial charge is 0.280 e. The molecule has 0 bridgehead atoms. The number of aliphatic hydroxyl groups is 3. The molecule has 45 heavy (non-hydrogen) atoms. The molecule has 4 aromatic heterocycles. The third-order valence-electron chi connectivity index (χ3n) is 7.73. The van der Waals surface area contributed by atoms with Gasteiger partial charge in [-0.3, -0.25) is 28.6 Å². The summed E-state index contributed by atoms with van der Waals surface area (Å²) in [5, 5.41) is 33.7. The molecule has 21 nitrogen and oxygen atoms in total. The molecule has 2 aliphatic heterocycles. The Morgan fingerprint density at radius 1 is 0.956 bits per heavy atom. The molecule has 2 aliphatic rings. The van der Waals surface area contributed by atoms with E-state index in [9.17, 15) is 20.1 Å². The number of nitrogens with zero attached hydrogens (tertiary/aromatic N) is 8. The third kappa shape index (κ3) is 5.81. The first-order valence-electron chi connectivity index (χ1n) is 14.0. The lowest BCUT2D eigenvalue weighted by molar-refractivity contribution is -0.197. The van der Waals surface area contributed by atoms with E-state index in [2.05, 4.69) is 29.9 Å². The maximum absolute atomic E-state index is 12.2. The highest BCUT2D eigenvalue weighted by Crippen LogP contribution is 2.34. The molecule has 4 aromatic rings. The van der Waals surface area contributed by atoms with Crippen molar-refractivity contribution in [3.05, 3.63) is 29.3 Å². The number of fused-ring (bicyclic) bond motifs is 2. The average Bonchev–Trinajstić information content (AvgIpc) is 3.78. The predicted octanol–water partition coefficient (Wildman–Crippen LogP) is -3.47. The van der Waals surface area contributed by atoms with Gasteiger partial charge in [0.15, 0.2) is 41.2 Å². The molecular formula is C24H34N12O9. The molecule has 6 rings (SSSR count). The van der Waals surface area contributed by atoms with E-state index in [1.807, 2.05) is 6.92 Å². The van der Waals surface area contributed by atoms with Crippen LogP contribution >= 0.6 is 0 Å². The normalized spacial score (nSPS) is 28.7. The first-order chi connectivity index (χ1) is 21.7. The number of aromatic nitrogens is 8. The molecule has 0 aromatic carbocycles. The number of aromatic amines is 1. The van der Waals surface area contributed by atoms with Crippen molar-refractivity contribution in [2.24, 2.45) is 5.90 Å². The Labute approximate surface area is 253 Å². The molecule has 0 amide bonds. The maximum atomic E-state index is 12.2. The number of likely N-dealkylation sites (N-methyl/N-ethyl adjacent to an activating group) is 1. The van der Waals surface area contributed by atoms with Gasteiger partial charge in [-0.2, -0.15) is 10.0 Å². The largest absolute Gasteiger partial charge is 0.387 e. The van der Waals surface area contributed by atoms with E-state index in [1.54, 1.807) is 5.06 Å². The SMILES string of the molecule is CCN(CCOC[C@H]1O[C@@H](n2cnc3c(N)ncnc32)[C@H](O)[C@@H]1O)OC[C@H]1O[C@@H](n2cnc3c(=O)[nH]c(N)nc32)[C@H](ON)[C@@H]1O. The van der Waals surface area contributed by atoms with E-state index in [-0.39, 0.29) is 42.8 Å². The summed E-state index contributed by atoms with van der Waals surface area (Å²) in [6.45, 7) is 2.74. The highest BCUT2D eigenvalue weighted by Gasteiger charge is 2.47. The summed E-state index contributed by atoms with van der Waals surface area (Å²) in [7, 11) is 0. The first-order valence-corrected chi connectivity index (χ1v) is 14.0. The van der Waals surface area contributed by atoms with Crippen LogP contribution in [-0.4, -0.2) is 129 Å². The zero-order valence-electron chi connectivity index (χ0n) is 24.0. The van der Waals surface area contributed by atoms with Crippen LogP contribution in [0, 0.1) is 0 Å². The van der Waals surface area contributed by atoms with Gasteiger partial charge in [0, 0.05) is 13.1 Å². The van der Waals surface area contributed by atoms with Crippen LogP contribution in [0.2, 0.25) is 0 Å². The zero-order chi connectivity index (χ0) is 31.8. The van der Waals surface area contributed by atoms with Gasteiger partial charge in [-0.05, 0) is 0 Å². The number of H-pyrrole nitrogens is 1. The number of anilines is 2. The Morgan fingerprint density at radius 3 is 2.42 bits per heavy atom. The minimum atomic E-state index is -1.26. The second-order valence-corrected chi connectivity index (χ2v) is 10.5. The lowest BCUT2D eigenvalue weighted by Gasteiger charge is -2.23. The first kappa shape index (κ1) is 31.1. The van der Waals surface area contributed by atoms with Crippen molar-refractivity contribution in [1.29, 1.82) is 0 Å². The number of hydrogen-bond acceptors (Lipinski definition) is 18. The Hall–Kier alpha value is -3.90. The number of hydroxylamine groups is 2. The molecule has 0 unspecified atom stereocenters. The molecule has 0 spiro atoms. The number of aliphatic hydroxyl groups excluding tert-OH is 3. The van der Waals surface area contributed by atoms with Crippen LogP contribution in [0.3, 0.4) is 0 Å². The predicted molar refractivity (Wildman–Crippen MR) is 151 cm³/mol. The molecule has 21 heteroatoms. The van der Waals surface area contributed by atoms with Gasteiger partial charge >= 0.3 is 0 Å². The quantitative estimate of drug-likeness (QED) is 0.0588. The number of ether oxygens (including phenoxy) is 3. The number of nitrogen functional groups attached to an aromatic ring is 2. The van der Waals surface area contributed by atoms with Crippen LogP contribution in [0.4, 0.5) is 11.8 Å². The van der Waals surface area contributed by atoms with E-state index >= 15 is 0 Å². The van der Waals surface area contributed by atoms with Gasteiger partial charge in [0.1, 0.15) is 42.4 Å². The second kappa shape index (κ2) is 12.8. The monoisotopic (exact) mass is 634 g/mol. The summed E-state index contributed by atoms with van der Waals surface area (Å²) in [5.41, 5.74) is 11.9. The fraction of sp³-hybridized carbons (Fsp3) is 0.583. The number of nitrogens with two attached hydrogens (primary N) is 3. The molecular weight excluding hydrogens is 600 g/mol. The third-order valence-corrected chi connectivity index (χ3v) is 7.73. The fourth-order valence-corrected chi connectivity index (χ4v) is 5.37. The maximum Gasteiger partial charge on any atom is 0.280 e. The van der Waals surface area contributed by atoms with Crippen molar-refractivity contribution in [1.82, 2.24) is 44.1 Å². The Kier molecular flexibility index (Phi) is 8.87. The Morgan fingerprint density at radius 2 is 1.67 bits per heavy atom. The molecule has 8 atom stereocenters. The standard InChI is InChI=1S/C24H34N12O9/c1-2-34(3-4-41-5-10-14(37)16(39)22(43-10)35-8-30-12-18(25)28-7-29-19(12)35)42-6-11-15(38)17(45-27)23(44-11)36-9-31-13-20(36)32-24(26)33-21(13)40/h7-11,14-17,22-23,37-39H,2-6,27H2,1H3,(H2,25,28,29)(H3,26,32,33,40)/t10-,11-,14-,15-,16-,17-,22-,23-/m1/s1. The van der Waals surface area contributed by atoms with Crippen LogP contribution in [0.25, 0.3) is 22.3 Å². The van der Waals surface area contributed by atoms with Crippen LogP contribution < -0.4 is 22.9 Å². The van der Waals surface area contributed by atoms with Crippen LogP contribution in [-0.2, 0) is 23.9 Å². The summed E-state index contributed by atoms with van der Waals surface area (Å²) in [4.78, 5) is 45.8. The Balaban J connectivity index is 1.00. The lowest BCUT2D eigenvalue weighted by atomic mass is 10.1. The van der Waals surface area contributed by atoms with Gasteiger partial charge in [-0.25, -0.2) is 25.8 Å². The number of rotatable bonds is 12. The average molecular weight is 635 g/mol. The van der Waals surface area contributed by atoms with E-state index < -0.39 is 54.6 Å². The summed E-state index contributed by atoms with van der Waals surface area (Å²) in [6, 6.07) is 0. The molecule has 2 fully saturated rings. The van der Waals surface area contributed by atoms with E-state index in [0.717, 1.165) is 0 Å². The topological polar surface area (TPSA) is 295 Å². The van der Waals surface area contributed by atoms with Crippen molar-refractivity contribution in [2.75, 3.05) is 44.4 Å². The summed E-state index contributed by atoms with van der Waals surface area (Å²) >= 11 is 0. The molecule has 0 saturated carbocycles. The van der Waals surface area contributed by atoms with Crippen molar-refractivity contribution in [3.8, 4) is 0 Å². The van der Waals surface area contributed by atoms with Gasteiger partial charge in [0.2, 0.25) is 5.95 Å². The van der Waals surface area contributed by atoms with Gasteiger partial charge < -0.3 is 41.0 Å². The van der Waals surface area contributed by atoms with Crippen molar-refractivity contribution < 1.29 is 39.2 Å². The van der Waals surface area contributed by atoms with Gasteiger partial charge in [0.25, 0.3) is 5.56 Å². The van der Waals surface area contributed by atoms with E-state index in [0.29, 0.717) is 24.3 Å². The van der Waals surface area contributed by atoms with Crippen LogP contribution in [0.15, 0.2) is 23.8 Å². The second-order valence-electron chi connectivity index (χ2n) is 10.5. The molecule has 0 aliphatic carbocycles. The highest BCUT2D eigenvalue weighted by molar-refractivity contribution is 5.81. The molecule has 2 saturated heterocycles. The minimum Gasteiger partial charge on any atom is -0.387 e. The van der Waals surface area contributed by atoms with Crippen LogP contribution in [0.5, 0.6) is 0 Å². The van der Waals surface area contributed by atoms with Crippen molar-refractivity contribution >= 4 is 34.1 Å². The zero-order valence-corrected chi connectivity index (χ0v) is 24.0. The Bertz CT molecular complexity index is 1680. The number of nitrogens with one attached hydrogen (secondary N) is 1. The molecule has 6 heterocycles. The summed E-state index contributed by atoms with van der Waals surface area (Å²) < 4.78 is 20.5. The van der Waals surface area contributed by atoms with Gasteiger partial charge in [-0.15, -0.1) is 0 Å². The minimum absolute atomic E-state index is 0.0159. The van der Waals surface area contributed by atoms with Crippen LogP contribution in [0.1, 0.15) is 19.4 Å². The lowest BCUT2D eigenvalue weighted by Crippen LogP contribution is -2.39. The molecule has 10 N–H and O–H groups in total. The summed E-state index contributed by atoms with van der Waals surface area (Å²) in [5.74, 6) is 5.54. The highest BCUT2D eigenvalue weighted by atomic mass is 16.7. The molecule has 0 radical (unpaired) electrons. The summed E-state index contributed by atoms with van der Waals surface area (Å²) in [6.07, 6.45) is -4.33. The molecule has 244 valence electrons. The van der Waals surface area contributed by atoms with Gasteiger partial charge in [-0.1, -0.05) is 6.92 Å². The number of imidazole rings is 2. The van der Waals surface area contributed by atoms with Gasteiger partial charge in [0.05, 0.1) is 32.5 Å². The van der Waals surface area contributed by atoms with E-state index in [4.69, 9.17) is 41.3 Å². The van der Waals surface area contributed by atoms with Crippen molar-refractivity contribution in [2.45, 2.75) is 56.0 Å². The number of hydrogen-bond donors (Lipinski definition) is 7. The fourth-order valence-electron chi connectivity index (χ4n) is 5.37.